The summed E-state index contributed by atoms with van der Waals surface area (Å²) in [6, 6.07) is 9.79. The number of ether oxygens (including phenoxy) is 2. The first kappa shape index (κ1) is 34.2. The Morgan fingerprint density at radius 2 is 1.32 bits per heavy atom. The van der Waals surface area contributed by atoms with Crippen molar-refractivity contribution < 1.29 is 42.8 Å². The van der Waals surface area contributed by atoms with E-state index < -0.39 is 0 Å². The van der Waals surface area contributed by atoms with Crippen LogP contribution in [0.2, 0.25) is 0 Å². The van der Waals surface area contributed by atoms with Gasteiger partial charge in [0.05, 0.1) is 20.1 Å². The lowest BCUT2D eigenvalue weighted by atomic mass is 10.0. The molecule has 1 aromatic carbocycles. The van der Waals surface area contributed by atoms with Gasteiger partial charge in [-0.15, -0.1) is 0 Å². The van der Waals surface area contributed by atoms with Crippen molar-refractivity contribution in [2.75, 3.05) is 13.7 Å². The number of amides is 1. The first-order chi connectivity index (χ1) is 18.1. The normalized spacial score (nSPS) is 10.6. The number of unbranched alkanes of at least 4 members (excludes halogenated alkanes) is 13. The Hall–Kier alpha value is -1.83. The number of nitrogens with zero attached hydrogens (tertiary/aromatic N) is 1. The summed E-state index contributed by atoms with van der Waals surface area (Å²) < 4.78 is 13.5. The highest BCUT2D eigenvalue weighted by Crippen LogP contribution is 2.28. The van der Waals surface area contributed by atoms with Gasteiger partial charge in [-0.2, -0.15) is 0 Å². The molecule has 2 aromatic rings. The van der Waals surface area contributed by atoms with Gasteiger partial charge < -0.3 is 38.8 Å². The van der Waals surface area contributed by atoms with Gasteiger partial charge in [0.1, 0.15) is 7.05 Å². The number of aromatic nitrogens is 1. The Morgan fingerprint density at radius 3 is 1.87 bits per heavy atom. The summed E-state index contributed by atoms with van der Waals surface area (Å²) in [5.74, 6) is 1.43. The Labute approximate surface area is 249 Å². The van der Waals surface area contributed by atoms with Gasteiger partial charge >= 0.3 is 0 Å². The van der Waals surface area contributed by atoms with E-state index in [0.29, 0.717) is 25.3 Å². The number of carbonyl (C=O) groups excluding carboxylic acids is 1. The van der Waals surface area contributed by atoms with E-state index in [2.05, 4.69) is 12.2 Å². The molecule has 0 aliphatic carbocycles. The van der Waals surface area contributed by atoms with Gasteiger partial charge in [-0.3, -0.25) is 4.79 Å². The molecule has 38 heavy (non-hydrogen) atoms. The number of pyridine rings is 1. The van der Waals surface area contributed by atoms with Crippen LogP contribution in [0.3, 0.4) is 0 Å². The monoisotopic (exact) mass is 638 g/mol. The molecule has 0 saturated carbocycles. The SMILES string of the molecule is CCCCCCCCCCCCCCCCOc1ccc(CC(=O)NCc2cc[n+](C)cc2)cc1OC.[I-]. The van der Waals surface area contributed by atoms with Crippen molar-refractivity contribution in [3.05, 3.63) is 53.9 Å². The van der Waals surface area contributed by atoms with Crippen LogP contribution in [0.4, 0.5) is 0 Å². The quantitative estimate of drug-likeness (QED) is 0.127. The highest BCUT2D eigenvalue weighted by Gasteiger charge is 2.09. The number of nitrogens with one attached hydrogen (secondary N) is 1. The van der Waals surface area contributed by atoms with E-state index in [-0.39, 0.29) is 29.9 Å². The van der Waals surface area contributed by atoms with Gasteiger partial charge in [-0.05, 0) is 29.7 Å². The topological polar surface area (TPSA) is 51.4 Å². The largest absolute Gasteiger partial charge is 1.00 e. The number of rotatable bonds is 21. The minimum Gasteiger partial charge on any atom is -1.00 e. The molecule has 0 fully saturated rings. The van der Waals surface area contributed by atoms with E-state index in [4.69, 9.17) is 9.47 Å². The van der Waals surface area contributed by atoms with Crippen LogP contribution in [0.1, 0.15) is 108 Å². The van der Waals surface area contributed by atoms with Gasteiger partial charge in [0.25, 0.3) is 0 Å². The lowest BCUT2D eigenvalue weighted by molar-refractivity contribution is -0.671. The number of halogens is 1. The first-order valence-electron chi connectivity index (χ1n) is 14.6. The number of benzene rings is 1. The smallest absolute Gasteiger partial charge is 0.224 e. The molecule has 5 nitrogen and oxygen atoms in total. The molecule has 6 heteroatoms. The predicted octanol–water partition coefficient (Wildman–Crippen LogP) is 4.24. The summed E-state index contributed by atoms with van der Waals surface area (Å²) in [6.07, 6.45) is 23.2. The lowest BCUT2D eigenvalue weighted by Crippen LogP contribution is -3.00. The molecule has 0 spiro atoms. The third-order valence-corrected chi connectivity index (χ3v) is 6.89. The third kappa shape index (κ3) is 15.6. The summed E-state index contributed by atoms with van der Waals surface area (Å²) in [6.45, 7) is 3.50. The van der Waals surface area contributed by atoms with Crippen LogP contribution < -0.4 is 43.3 Å². The maximum atomic E-state index is 12.4. The molecule has 1 amide bonds. The molecule has 0 aliphatic rings. The molecule has 2 rings (SSSR count). The average Bonchev–Trinajstić information content (AvgIpc) is 2.91. The maximum Gasteiger partial charge on any atom is 0.224 e. The van der Waals surface area contributed by atoms with Crippen LogP contribution in [0, 0.1) is 0 Å². The Balaban J connectivity index is 0.00000722. The fourth-order valence-electron chi connectivity index (χ4n) is 4.52. The number of aryl methyl sites for hydroxylation is 1. The molecule has 0 bridgehead atoms. The zero-order valence-electron chi connectivity index (χ0n) is 24.1. The Bertz CT molecular complexity index is 874. The third-order valence-electron chi connectivity index (χ3n) is 6.89. The molecule has 0 unspecified atom stereocenters. The van der Waals surface area contributed by atoms with Gasteiger partial charge in [-0.25, -0.2) is 4.57 Å². The highest BCUT2D eigenvalue weighted by molar-refractivity contribution is 5.78. The van der Waals surface area contributed by atoms with Crippen LogP contribution in [-0.4, -0.2) is 19.6 Å². The van der Waals surface area contributed by atoms with Crippen molar-refractivity contribution in [2.24, 2.45) is 7.05 Å². The van der Waals surface area contributed by atoms with E-state index in [9.17, 15) is 4.79 Å². The van der Waals surface area contributed by atoms with E-state index in [1.54, 1.807) is 7.11 Å². The number of methoxy groups -OCH3 is 1. The van der Waals surface area contributed by atoms with Crippen LogP contribution in [0.5, 0.6) is 11.5 Å². The molecule has 0 aliphatic heterocycles. The molecule has 214 valence electrons. The lowest BCUT2D eigenvalue weighted by Gasteiger charge is -2.12. The number of carbonyl (C=O) groups is 1. The summed E-state index contributed by atoms with van der Waals surface area (Å²) >= 11 is 0. The predicted molar refractivity (Wildman–Crippen MR) is 152 cm³/mol. The number of hydrogen-bond donors (Lipinski definition) is 1. The van der Waals surface area contributed by atoms with Gasteiger partial charge in [0.15, 0.2) is 23.9 Å². The zero-order chi connectivity index (χ0) is 26.6. The second-order valence-electron chi connectivity index (χ2n) is 10.3. The minimum absolute atomic E-state index is 0. The molecule has 0 radical (unpaired) electrons. The van der Waals surface area contributed by atoms with Crippen molar-refractivity contribution in [3.63, 3.8) is 0 Å². The van der Waals surface area contributed by atoms with Crippen LogP contribution in [-0.2, 0) is 24.8 Å². The first-order valence-corrected chi connectivity index (χ1v) is 14.6. The highest BCUT2D eigenvalue weighted by atomic mass is 127. The molecular formula is C32H51IN2O3. The maximum absolute atomic E-state index is 12.4. The van der Waals surface area contributed by atoms with Gasteiger partial charge in [-0.1, -0.05) is 96.5 Å². The fourth-order valence-corrected chi connectivity index (χ4v) is 4.52. The average molecular weight is 639 g/mol. The van der Waals surface area contributed by atoms with Crippen molar-refractivity contribution in [2.45, 2.75) is 110 Å². The van der Waals surface area contributed by atoms with E-state index >= 15 is 0 Å². The molecule has 1 heterocycles. The van der Waals surface area contributed by atoms with Crippen molar-refractivity contribution in [3.8, 4) is 11.5 Å². The molecular weight excluding hydrogens is 587 g/mol. The minimum atomic E-state index is -0.00800. The second kappa shape index (κ2) is 22.0. The van der Waals surface area contributed by atoms with Crippen molar-refractivity contribution in [1.82, 2.24) is 5.32 Å². The second-order valence-corrected chi connectivity index (χ2v) is 10.3. The van der Waals surface area contributed by atoms with Gasteiger partial charge in [0, 0.05) is 18.7 Å². The molecule has 1 N–H and O–H groups in total. The number of hydrogen-bond acceptors (Lipinski definition) is 3. The van der Waals surface area contributed by atoms with Crippen LogP contribution in [0.25, 0.3) is 0 Å². The van der Waals surface area contributed by atoms with Crippen LogP contribution >= 0.6 is 0 Å². The molecule has 0 saturated heterocycles. The van der Waals surface area contributed by atoms with E-state index in [1.165, 1.54) is 83.5 Å². The summed E-state index contributed by atoms with van der Waals surface area (Å²) in [5, 5.41) is 2.98. The zero-order valence-corrected chi connectivity index (χ0v) is 26.3. The molecule has 1 aromatic heterocycles. The van der Waals surface area contributed by atoms with E-state index in [0.717, 1.165) is 23.3 Å². The standard InChI is InChI=1S/C32H50N2O3.HI/c1-4-5-6-7-8-9-10-11-12-13-14-15-16-17-24-37-30-19-18-29(25-31(30)36-3)26-32(35)33-27-28-20-22-34(2)23-21-28;/h18-23,25H,4-17,24,26-27H2,1-3H3;1H. The van der Waals surface area contributed by atoms with Crippen LogP contribution in [0.15, 0.2) is 42.7 Å². The van der Waals surface area contributed by atoms with Crippen molar-refractivity contribution >= 4 is 5.91 Å². The summed E-state index contributed by atoms with van der Waals surface area (Å²) in [4.78, 5) is 12.4. The fraction of sp³-hybridized carbons (Fsp3) is 0.625. The Morgan fingerprint density at radius 1 is 0.763 bits per heavy atom. The summed E-state index contributed by atoms with van der Waals surface area (Å²) in [7, 11) is 3.62. The summed E-state index contributed by atoms with van der Waals surface area (Å²) in [5.41, 5.74) is 1.99. The van der Waals surface area contributed by atoms with Crippen molar-refractivity contribution in [1.29, 1.82) is 0 Å². The van der Waals surface area contributed by atoms with E-state index in [1.807, 2.05) is 54.3 Å². The molecule has 0 atom stereocenters. The van der Waals surface area contributed by atoms with Gasteiger partial charge in [0.2, 0.25) is 5.91 Å². The Kier molecular flexibility index (Phi) is 19.8.